The van der Waals surface area contributed by atoms with Crippen molar-refractivity contribution in [3.63, 3.8) is 0 Å². The van der Waals surface area contributed by atoms with Gasteiger partial charge in [-0.15, -0.1) is 0 Å². The summed E-state index contributed by atoms with van der Waals surface area (Å²) in [6.45, 7) is 5.10. The van der Waals surface area contributed by atoms with Crippen LogP contribution in [0.5, 0.6) is 0 Å². The van der Waals surface area contributed by atoms with E-state index in [2.05, 4.69) is 22.2 Å². The van der Waals surface area contributed by atoms with Gasteiger partial charge in [0, 0.05) is 30.4 Å². The van der Waals surface area contributed by atoms with Gasteiger partial charge in [0.05, 0.1) is 6.33 Å². The number of rotatable bonds is 6. The van der Waals surface area contributed by atoms with Crippen LogP contribution in [0.25, 0.3) is 21.9 Å². The lowest BCUT2D eigenvalue weighted by Crippen LogP contribution is -2.28. The van der Waals surface area contributed by atoms with Gasteiger partial charge in [-0.05, 0) is 25.5 Å². The summed E-state index contributed by atoms with van der Waals surface area (Å²) in [5.74, 6) is -0.0391. The summed E-state index contributed by atoms with van der Waals surface area (Å²) in [6.07, 6.45) is 3.81. The second-order valence-corrected chi connectivity index (χ2v) is 6.09. The van der Waals surface area contributed by atoms with E-state index in [1.807, 2.05) is 25.1 Å². The zero-order chi connectivity index (χ0) is 17.1. The van der Waals surface area contributed by atoms with E-state index in [1.54, 1.807) is 0 Å². The average Bonchev–Trinajstić information content (AvgIpc) is 2.93. The number of fused-ring (bicyclic) bond motifs is 3. The van der Waals surface area contributed by atoms with Crippen molar-refractivity contribution in [2.24, 2.45) is 0 Å². The number of H-pyrrole nitrogens is 1. The first-order valence-corrected chi connectivity index (χ1v) is 8.34. The van der Waals surface area contributed by atoms with Crippen LogP contribution in [-0.2, 0) is 11.3 Å². The normalized spacial score (nSPS) is 11.2. The number of aryl methyl sites for hydroxylation is 2. The molecule has 3 rings (SSSR count). The van der Waals surface area contributed by atoms with Crippen molar-refractivity contribution in [1.29, 1.82) is 0 Å². The van der Waals surface area contributed by atoms with Crippen LogP contribution in [0.2, 0.25) is 0 Å². The average molecular weight is 326 g/mol. The van der Waals surface area contributed by atoms with Crippen molar-refractivity contribution < 1.29 is 4.79 Å². The summed E-state index contributed by atoms with van der Waals surface area (Å²) in [7, 11) is 0. The standard InChI is InChI=1S/C18H22N4O2/c1-3-4-8-19-15(23)7-9-22-11-20-16-13-10-12(2)5-6-14(13)21-17(16)18(22)24/h5-6,10-11,21H,3-4,7-9H2,1-2H3,(H,19,23). The zero-order valence-electron chi connectivity index (χ0n) is 14.1. The summed E-state index contributed by atoms with van der Waals surface area (Å²) < 4.78 is 1.49. The molecule has 0 aliphatic carbocycles. The smallest absolute Gasteiger partial charge is 0.277 e. The van der Waals surface area contributed by atoms with Crippen molar-refractivity contribution in [3.05, 3.63) is 40.4 Å². The molecule has 2 heterocycles. The van der Waals surface area contributed by atoms with Crippen molar-refractivity contribution in [1.82, 2.24) is 19.9 Å². The molecule has 2 N–H and O–H groups in total. The Labute approximate surface area is 139 Å². The van der Waals surface area contributed by atoms with Crippen molar-refractivity contribution in [2.45, 2.75) is 39.7 Å². The predicted octanol–water partition coefficient (Wildman–Crippen LogP) is 2.49. The maximum atomic E-state index is 12.6. The van der Waals surface area contributed by atoms with Crippen molar-refractivity contribution in [2.75, 3.05) is 6.54 Å². The number of hydrogen-bond donors (Lipinski definition) is 2. The molecule has 0 atom stereocenters. The van der Waals surface area contributed by atoms with E-state index in [4.69, 9.17) is 0 Å². The fourth-order valence-corrected chi connectivity index (χ4v) is 2.78. The Morgan fingerprint density at radius 1 is 1.38 bits per heavy atom. The van der Waals surface area contributed by atoms with Gasteiger partial charge in [-0.1, -0.05) is 25.0 Å². The summed E-state index contributed by atoms with van der Waals surface area (Å²) >= 11 is 0. The minimum atomic E-state index is -0.143. The Bertz CT molecular complexity index is 939. The highest BCUT2D eigenvalue weighted by Crippen LogP contribution is 2.22. The lowest BCUT2D eigenvalue weighted by atomic mass is 10.2. The highest BCUT2D eigenvalue weighted by molar-refractivity contribution is 6.04. The first-order valence-electron chi connectivity index (χ1n) is 8.34. The topological polar surface area (TPSA) is 79.8 Å². The quantitative estimate of drug-likeness (QED) is 0.683. The van der Waals surface area contributed by atoms with Gasteiger partial charge in [0.15, 0.2) is 0 Å². The lowest BCUT2D eigenvalue weighted by molar-refractivity contribution is -0.121. The molecular weight excluding hydrogens is 304 g/mol. The molecule has 24 heavy (non-hydrogen) atoms. The number of benzene rings is 1. The molecule has 6 nitrogen and oxygen atoms in total. The Balaban J connectivity index is 1.83. The number of amides is 1. The van der Waals surface area contributed by atoms with Gasteiger partial charge < -0.3 is 10.3 Å². The molecule has 0 fully saturated rings. The molecule has 0 unspecified atom stereocenters. The van der Waals surface area contributed by atoms with Gasteiger partial charge in [-0.2, -0.15) is 0 Å². The van der Waals surface area contributed by atoms with Crippen LogP contribution in [0.15, 0.2) is 29.3 Å². The Morgan fingerprint density at radius 2 is 2.21 bits per heavy atom. The molecule has 1 aromatic carbocycles. The molecule has 2 aromatic heterocycles. The maximum absolute atomic E-state index is 12.6. The molecule has 3 aromatic rings. The minimum Gasteiger partial charge on any atom is -0.356 e. The van der Waals surface area contributed by atoms with Gasteiger partial charge in [-0.3, -0.25) is 14.2 Å². The molecule has 0 aliphatic heterocycles. The second-order valence-electron chi connectivity index (χ2n) is 6.09. The molecule has 0 bridgehead atoms. The van der Waals surface area contributed by atoms with E-state index in [-0.39, 0.29) is 17.9 Å². The molecule has 1 amide bonds. The van der Waals surface area contributed by atoms with Crippen LogP contribution >= 0.6 is 0 Å². The number of aromatic amines is 1. The van der Waals surface area contributed by atoms with Gasteiger partial charge in [0.25, 0.3) is 5.56 Å². The Morgan fingerprint density at radius 3 is 3.00 bits per heavy atom. The summed E-state index contributed by atoms with van der Waals surface area (Å²) in [5, 5.41) is 3.81. The van der Waals surface area contributed by atoms with Gasteiger partial charge in [0.1, 0.15) is 11.0 Å². The van der Waals surface area contributed by atoms with Crippen LogP contribution in [0, 0.1) is 6.92 Å². The highest BCUT2D eigenvalue weighted by atomic mass is 16.1. The Hall–Kier alpha value is -2.63. The Kier molecular flexibility index (Phi) is 4.64. The minimum absolute atomic E-state index is 0.0391. The molecule has 0 saturated carbocycles. The van der Waals surface area contributed by atoms with Crippen molar-refractivity contribution in [3.8, 4) is 0 Å². The maximum Gasteiger partial charge on any atom is 0.277 e. The lowest BCUT2D eigenvalue weighted by Gasteiger charge is -2.06. The number of aromatic nitrogens is 3. The number of carbonyl (C=O) groups excluding carboxylic acids is 1. The fraction of sp³-hybridized carbons (Fsp3) is 0.389. The third-order valence-electron chi connectivity index (χ3n) is 4.16. The first kappa shape index (κ1) is 16.2. The van der Waals surface area contributed by atoms with Crippen LogP contribution in [-0.4, -0.2) is 27.0 Å². The number of carbonyl (C=O) groups is 1. The highest BCUT2D eigenvalue weighted by Gasteiger charge is 2.11. The summed E-state index contributed by atoms with van der Waals surface area (Å²) in [4.78, 5) is 32.0. The largest absolute Gasteiger partial charge is 0.356 e. The summed E-state index contributed by atoms with van der Waals surface area (Å²) in [5.41, 5.74) is 3.05. The van der Waals surface area contributed by atoms with E-state index in [0.717, 1.165) is 29.3 Å². The van der Waals surface area contributed by atoms with E-state index in [0.29, 0.717) is 24.1 Å². The van der Waals surface area contributed by atoms with E-state index in [1.165, 1.54) is 10.9 Å². The van der Waals surface area contributed by atoms with E-state index < -0.39 is 0 Å². The number of nitrogens with zero attached hydrogens (tertiary/aromatic N) is 2. The van der Waals surface area contributed by atoms with Gasteiger partial charge in [0.2, 0.25) is 5.91 Å². The molecule has 0 spiro atoms. The third kappa shape index (κ3) is 3.18. The predicted molar refractivity (Wildman–Crippen MR) is 95.1 cm³/mol. The van der Waals surface area contributed by atoms with Gasteiger partial charge in [-0.25, -0.2) is 4.98 Å². The number of nitrogens with one attached hydrogen (secondary N) is 2. The second kappa shape index (κ2) is 6.86. The first-order chi connectivity index (χ1) is 11.6. The monoisotopic (exact) mass is 326 g/mol. The van der Waals surface area contributed by atoms with Crippen LogP contribution in [0.4, 0.5) is 0 Å². The molecule has 126 valence electrons. The molecule has 6 heteroatoms. The molecular formula is C18H22N4O2. The molecule has 0 saturated heterocycles. The van der Waals surface area contributed by atoms with E-state index >= 15 is 0 Å². The SMILES string of the molecule is CCCCNC(=O)CCn1cnc2c([nH]c3ccc(C)cc32)c1=O. The third-order valence-corrected chi connectivity index (χ3v) is 4.16. The fourth-order valence-electron chi connectivity index (χ4n) is 2.78. The van der Waals surface area contributed by atoms with Crippen LogP contribution < -0.4 is 10.9 Å². The molecule has 0 radical (unpaired) electrons. The molecule has 0 aliphatic rings. The number of unbranched alkanes of at least 4 members (excludes halogenated alkanes) is 1. The van der Waals surface area contributed by atoms with Crippen molar-refractivity contribution >= 4 is 27.8 Å². The van der Waals surface area contributed by atoms with Crippen LogP contribution in [0.3, 0.4) is 0 Å². The van der Waals surface area contributed by atoms with E-state index in [9.17, 15) is 9.59 Å². The number of hydrogen-bond acceptors (Lipinski definition) is 3. The van der Waals surface area contributed by atoms with Gasteiger partial charge >= 0.3 is 0 Å². The van der Waals surface area contributed by atoms with Crippen LogP contribution in [0.1, 0.15) is 31.7 Å². The zero-order valence-corrected chi connectivity index (χ0v) is 14.1. The summed E-state index contributed by atoms with van der Waals surface area (Å²) in [6, 6.07) is 5.97.